The minimum absolute atomic E-state index is 0.0475. The fourth-order valence-electron chi connectivity index (χ4n) is 3.79. The highest BCUT2D eigenvalue weighted by Crippen LogP contribution is 2.24. The van der Waals surface area contributed by atoms with Gasteiger partial charge in [-0.2, -0.15) is 5.10 Å². The van der Waals surface area contributed by atoms with E-state index in [4.69, 9.17) is 0 Å². The van der Waals surface area contributed by atoms with Crippen LogP contribution in [0.5, 0.6) is 0 Å². The van der Waals surface area contributed by atoms with Gasteiger partial charge in [0.1, 0.15) is 0 Å². The highest BCUT2D eigenvalue weighted by atomic mass is 19.1. The van der Waals surface area contributed by atoms with Gasteiger partial charge in [-0.3, -0.25) is 24.0 Å². The van der Waals surface area contributed by atoms with E-state index in [9.17, 15) is 18.8 Å². The zero-order chi connectivity index (χ0) is 20.7. The molecule has 0 spiro atoms. The molecule has 7 nitrogen and oxygen atoms in total. The lowest BCUT2D eigenvalue weighted by atomic mass is 10.1. The first-order valence-corrected chi connectivity index (χ1v) is 9.51. The molecule has 0 unspecified atom stereocenters. The van der Waals surface area contributed by atoms with Gasteiger partial charge in [0, 0.05) is 25.2 Å². The number of hydrogen-bond donors (Lipinski definition) is 0. The summed E-state index contributed by atoms with van der Waals surface area (Å²) >= 11 is 0. The van der Waals surface area contributed by atoms with E-state index in [0.717, 1.165) is 4.90 Å². The number of carbonyl (C=O) groups excluding carboxylic acids is 3. The van der Waals surface area contributed by atoms with Crippen molar-refractivity contribution in [2.45, 2.75) is 32.9 Å². The number of hydrogen-bond acceptors (Lipinski definition) is 4. The molecule has 0 fully saturated rings. The summed E-state index contributed by atoms with van der Waals surface area (Å²) in [7, 11) is 0. The molecule has 2 aliphatic rings. The molecule has 0 atom stereocenters. The van der Waals surface area contributed by atoms with E-state index in [1.165, 1.54) is 4.68 Å². The van der Waals surface area contributed by atoms with Crippen LogP contribution in [0, 0.1) is 0 Å². The third-order valence-corrected chi connectivity index (χ3v) is 5.30. The molecule has 150 valence electrons. The molecule has 4 rings (SSSR count). The van der Waals surface area contributed by atoms with Crippen LogP contribution in [-0.2, 0) is 13.0 Å². The molecule has 0 radical (unpaired) electrons. The first-order valence-electron chi connectivity index (χ1n) is 9.51. The number of benzene rings is 1. The summed E-state index contributed by atoms with van der Waals surface area (Å²) in [5.41, 5.74) is 2.07. The third kappa shape index (κ3) is 3.24. The number of rotatable bonds is 5. The monoisotopic (exact) mass is 396 g/mol. The number of fused-ring (bicyclic) bond motifs is 2. The third-order valence-electron chi connectivity index (χ3n) is 5.30. The Hall–Kier alpha value is -3.29. The van der Waals surface area contributed by atoms with E-state index in [1.54, 1.807) is 35.4 Å². The molecule has 3 heterocycles. The van der Waals surface area contributed by atoms with Crippen LogP contribution in [0.4, 0.5) is 4.39 Å². The van der Waals surface area contributed by atoms with Crippen LogP contribution in [0.25, 0.3) is 0 Å². The van der Waals surface area contributed by atoms with E-state index >= 15 is 0 Å². The molecule has 1 aromatic heterocycles. The molecular weight excluding hydrogens is 375 g/mol. The molecule has 0 N–H and O–H groups in total. The second-order valence-electron chi connectivity index (χ2n) is 7.54. The average molecular weight is 396 g/mol. The zero-order valence-electron chi connectivity index (χ0n) is 16.3. The summed E-state index contributed by atoms with van der Waals surface area (Å²) in [6.45, 7) is 4.39. The van der Waals surface area contributed by atoms with Gasteiger partial charge in [0.15, 0.2) is 0 Å². The molecule has 1 aromatic carbocycles. The minimum atomic E-state index is -0.438. The summed E-state index contributed by atoms with van der Waals surface area (Å²) in [6, 6.07) is 6.63. The van der Waals surface area contributed by atoms with E-state index in [0.29, 0.717) is 41.7 Å². The first kappa shape index (κ1) is 19.0. The smallest absolute Gasteiger partial charge is 0.261 e. The Morgan fingerprint density at radius 1 is 1.07 bits per heavy atom. The largest absolute Gasteiger partial charge is 0.336 e. The molecule has 0 bridgehead atoms. The predicted octanol–water partition coefficient (Wildman–Crippen LogP) is 2.44. The van der Waals surface area contributed by atoms with E-state index in [2.05, 4.69) is 5.10 Å². The van der Waals surface area contributed by atoms with Crippen LogP contribution in [0.2, 0.25) is 0 Å². The number of aromatic nitrogens is 2. The van der Waals surface area contributed by atoms with Crippen molar-refractivity contribution in [3.63, 3.8) is 0 Å². The summed E-state index contributed by atoms with van der Waals surface area (Å²) in [5.74, 6) is -0.960. The van der Waals surface area contributed by atoms with Gasteiger partial charge < -0.3 is 4.90 Å². The summed E-state index contributed by atoms with van der Waals surface area (Å²) in [5, 5.41) is 4.41. The predicted molar refractivity (Wildman–Crippen MR) is 103 cm³/mol. The van der Waals surface area contributed by atoms with Crippen molar-refractivity contribution < 1.29 is 18.8 Å². The number of halogens is 1. The van der Waals surface area contributed by atoms with Gasteiger partial charge in [-0.1, -0.05) is 12.1 Å². The molecule has 29 heavy (non-hydrogen) atoms. The Morgan fingerprint density at radius 3 is 2.31 bits per heavy atom. The maximum absolute atomic E-state index is 13.6. The Kier molecular flexibility index (Phi) is 4.77. The van der Waals surface area contributed by atoms with Gasteiger partial charge >= 0.3 is 0 Å². The van der Waals surface area contributed by atoms with Crippen molar-refractivity contribution in [1.29, 1.82) is 0 Å². The Morgan fingerprint density at radius 2 is 1.72 bits per heavy atom. The van der Waals surface area contributed by atoms with Gasteiger partial charge in [0.05, 0.1) is 41.8 Å². The SMILES string of the molecule is CC(C)N1CCc2nn(CC(=CF)CN3C(=O)c4ccccc4C3=O)cc2C1=O. The van der Waals surface area contributed by atoms with Crippen LogP contribution < -0.4 is 0 Å². The molecule has 3 amide bonds. The van der Waals surface area contributed by atoms with Gasteiger partial charge in [-0.25, -0.2) is 4.39 Å². The summed E-state index contributed by atoms with van der Waals surface area (Å²) in [4.78, 5) is 40.4. The van der Waals surface area contributed by atoms with Crippen LogP contribution in [0.3, 0.4) is 0 Å². The Balaban J connectivity index is 1.51. The summed E-state index contributed by atoms with van der Waals surface area (Å²) in [6.07, 6.45) is 2.64. The van der Waals surface area contributed by atoms with Crippen LogP contribution >= 0.6 is 0 Å². The highest BCUT2D eigenvalue weighted by molar-refractivity contribution is 6.21. The molecular formula is C21H21FN4O3. The molecule has 0 saturated carbocycles. The van der Waals surface area contributed by atoms with Crippen LogP contribution in [0.15, 0.2) is 42.4 Å². The average Bonchev–Trinajstić information content (AvgIpc) is 3.22. The van der Waals surface area contributed by atoms with E-state index < -0.39 is 11.8 Å². The zero-order valence-corrected chi connectivity index (χ0v) is 16.3. The number of amides is 3. The van der Waals surface area contributed by atoms with Crippen molar-refractivity contribution in [3.05, 3.63) is 64.7 Å². The normalized spacial score (nSPS) is 16.7. The molecule has 8 heteroatoms. The van der Waals surface area contributed by atoms with E-state index in [1.807, 2.05) is 13.8 Å². The molecule has 0 aliphatic carbocycles. The number of nitrogens with zero attached hydrogens (tertiary/aromatic N) is 4. The lowest BCUT2D eigenvalue weighted by Crippen LogP contribution is -2.41. The van der Waals surface area contributed by atoms with Crippen LogP contribution in [-0.4, -0.2) is 56.4 Å². The number of imide groups is 1. The lowest BCUT2D eigenvalue weighted by Gasteiger charge is -2.29. The van der Waals surface area contributed by atoms with Crippen molar-refractivity contribution >= 4 is 17.7 Å². The quantitative estimate of drug-likeness (QED) is 0.728. The Labute approximate surface area is 167 Å². The van der Waals surface area contributed by atoms with Gasteiger partial charge in [0.25, 0.3) is 17.7 Å². The van der Waals surface area contributed by atoms with Crippen LogP contribution in [0.1, 0.15) is 50.6 Å². The molecule has 2 aliphatic heterocycles. The first-order chi connectivity index (χ1) is 13.9. The van der Waals surface area contributed by atoms with Crippen molar-refractivity contribution in [3.8, 4) is 0 Å². The van der Waals surface area contributed by atoms with Gasteiger partial charge in [-0.05, 0) is 31.6 Å². The second-order valence-corrected chi connectivity index (χ2v) is 7.54. The van der Waals surface area contributed by atoms with Gasteiger partial charge in [0.2, 0.25) is 0 Å². The second kappa shape index (κ2) is 7.27. The molecule has 2 aromatic rings. The van der Waals surface area contributed by atoms with Crippen molar-refractivity contribution in [2.75, 3.05) is 13.1 Å². The lowest BCUT2D eigenvalue weighted by molar-refractivity contribution is 0.0661. The summed E-state index contributed by atoms with van der Waals surface area (Å²) < 4.78 is 15.1. The Bertz CT molecular complexity index is 1010. The maximum atomic E-state index is 13.6. The van der Waals surface area contributed by atoms with Crippen molar-refractivity contribution in [1.82, 2.24) is 19.6 Å². The minimum Gasteiger partial charge on any atom is -0.336 e. The van der Waals surface area contributed by atoms with E-state index in [-0.39, 0.29) is 30.6 Å². The fraction of sp³-hybridized carbons (Fsp3) is 0.333. The highest BCUT2D eigenvalue weighted by Gasteiger charge is 2.35. The topological polar surface area (TPSA) is 75.5 Å². The number of carbonyl (C=O) groups is 3. The fourth-order valence-corrected chi connectivity index (χ4v) is 3.79. The maximum Gasteiger partial charge on any atom is 0.261 e. The van der Waals surface area contributed by atoms with Gasteiger partial charge in [-0.15, -0.1) is 0 Å². The van der Waals surface area contributed by atoms with Crippen molar-refractivity contribution in [2.24, 2.45) is 0 Å². The standard InChI is InChI=1S/C21H21FN4O3/c1-13(2)25-8-7-18-17(21(25)29)12-24(23-18)10-14(9-22)11-26-19(27)15-5-3-4-6-16(15)20(26)28/h3-6,9,12-13H,7-8,10-11H2,1-2H3. The molecule has 0 saturated heterocycles.